The third kappa shape index (κ3) is 7.62. The minimum absolute atomic E-state index is 0.121. The molecule has 14 heteroatoms. The zero-order valence-electron chi connectivity index (χ0n) is 26.5. The van der Waals surface area contributed by atoms with Crippen molar-refractivity contribution in [1.29, 1.82) is 0 Å². The second kappa shape index (κ2) is 13.1. The van der Waals surface area contributed by atoms with Gasteiger partial charge in [-0.1, -0.05) is 24.8 Å². The monoisotopic (exact) mass is 651 g/mol. The van der Waals surface area contributed by atoms with Gasteiger partial charge in [-0.05, 0) is 71.6 Å². The van der Waals surface area contributed by atoms with E-state index in [1.165, 1.54) is 22.7 Å². The molecule has 2 heterocycles. The third-order valence-corrected chi connectivity index (χ3v) is 8.83. The van der Waals surface area contributed by atoms with Gasteiger partial charge in [0.25, 0.3) is 0 Å². The Labute approximate surface area is 266 Å². The Balaban J connectivity index is 1.51. The minimum atomic E-state index is -0.953. The number of fused-ring (bicyclic) bond motifs is 1. The van der Waals surface area contributed by atoms with E-state index in [1.54, 1.807) is 20.8 Å². The summed E-state index contributed by atoms with van der Waals surface area (Å²) in [5.41, 5.74) is 6.64. The van der Waals surface area contributed by atoms with Crippen molar-refractivity contribution in [2.45, 2.75) is 114 Å². The van der Waals surface area contributed by atoms with E-state index in [0.717, 1.165) is 24.3 Å². The summed E-state index contributed by atoms with van der Waals surface area (Å²) in [6.07, 6.45) is 0.0813. The summed E-state index contributed by atoms with van der Waals surface area (Å²) in [7, 11) is 0. The lowest BCUT2D eigenvalue weighted by Crippen LogP contribution is -2.40. The number of aliphatic hydroxyl groups excluding tert-OH is 1. The van der Waals surface area contributed by atoms with Crippen molar-refractivity contribution in [3.8, 4) is 0 Å². The molecular weight excluding hydrogens is 608 g/mol. The number of aromatic nitrogens is 2. The first kappa shape index (κ1) is 33.6. The molecule has 11 nitrogen and oxygen atoms in total. The SMILES string of the molecule is CCCSc1nc(N[C@@H]2C[C@H](OCCO)[C@H]3OC(C)(C)O[C@H]32)c(N)c(N(C(=O)OC(C)(C)C)[C@@H]2C[C@H]2c2ccc(F)c(F)c2)n1. The Morgan fingerprint density at radius 3 is 2.60 bits per heavy atom. The van der Waals surface area contributed by atoms with Gasteiger partial charge in [0.15, 0.2) is 34.2 Å². The van der Waals surface area contributed by atoms with E-state index in [-0.39, 0.29) is 48.9 Å². The molecule has 45 heavy (non-hydrogen) atoms. The van der Waals surface area contributed by atoms with Crippen LogP contribution in [0.3, 0.4) is 0 Å². The van der Waals surface area contributed by atoms with E-state index in [4.69, 9.17) is 34.6 Å². The molecule has 0 bridgehead atoms. The molecule has 1 aliphatic heterocycles. The Morgan fingerprint density at radius 1 is 1.20 bits per heavy atom. The molecule has 4 N–H and O–H groups in total. The second-order valence-corrected chi connectivity index (χ2v) is 14.1. The summed E-state index contributed by atoms with van der Waals surface area (Å²) in [6.45, 7) is 11.0. The van der Waals surface area contributed by atoms with Crippen LogP contribution in [0, 0.1) is 11.6 Å². The number of halogens is 2. The first-order chi connectivity index (χ1) is 21.2. The Bertz CT molecular complexity index is 1390. The highest BCUT2D eigenvalue weighted by molar-refractivity contribution is 7.99. The maximum absolute atomic E-state index is 14.1. The normalized spacial score (nSPS) is 26.9. The van der Waals surface area contributed by atoms with Crippen LogP contribution in [0.4, 0.5) is 30.9 Å². The van der Waals surface area contributed by atoms with Crippen molar-refractivity contribution in [3.05, 3.63) is 35.4 Å². The van der Waals surface area contributed by atoms with Crippen molar-refractivity contribution in [3.63, 3.8) is 0 Å². The number of carbonyl (C=O) groups excluding carboxylic acids is 1. The van der Waals surface area contributed by atoms with Crippen LogP contribution in [-0.4, -0.2) is 81.9 Å². The number of aliphatic hydroxyl groups is 1. The summed E-state index contributed by atoms with van der Waals surface area (Å²) >= 11 is 1.43. The van der Waals surface area contributed by atoms with Crippen LogP contribution in [-0.2, 0) is 18.9 Å². The smallest absolute Gasteiger partial charge is 0.416 e. The van der Waals surface area contributed by atoms with E-state index in [1.807, 2.05) is 20.8 Å². The van der Waals surface area contributed by atoms with Gasteiger partial charge in [0.1, 0.15) is 23.5 Å². The maximum Gasteiger partial charge on any atom is 0.416 e. The number of ether oxygens (including phenoxy) is 4. The van der Waals surface area contributed by atoms with Gasteiger partial charge < -0.3 is 35.1 Å². The Morgan fingerprint density at radius 2 is 1.93 bits per heavy atom. The number of rotatable bonds is 11. The number of hydrogen-bond donors (Lipinski definition) is 3. The number of nitrogens with one attached hydrogen (secondary N) is 1. The molecule has 0 radical (unpaired) electrons. The van der Waals surface area contributed by atoms with Gasteiger partial charge >= 0.3 is 6.09 Å². The summed E-state index contributed by atoms with van der Waals surface area (Å²) in [5.74, 6) is -1.80. The van der Waals surface area contributed by atoms with Crippen LogP contribution in [0.5, 0.6) is 0 Å². The quantitative estimate of drug-likeness (QED) is 0.218. The summed E-state index contributed by atoms with van der Waals surface area (Å²) in [6, 6.07) is 2.98. The average Bonchev–Trinajstić information content (AvgIpc) is 3.58. The van der Waals surface area contributed by atoms with Crippen LogP contribution in [0.25, 0.3) is 0 Å². The minimum Gasteiger partial charge on any atom is -0.443 e. The number of nitrogen functional groups attached to an aromatic ring is 1. The fourth-order valence-corrected chi connectivity index (χ4v) is 6.56. The third-order valence-electron chi connectivity index (χ3n) is 7.78. The maximum atomic E-state index is 14.1. The molecule has 1 amide bonds. The predicted octanol–water partition coefficient (Wildman–Crippen LogP) is 5.22. The topological polar surface area (TPSA) is 141 Å². The highest BCUT2D eigenvalue weighted by Gasteiger charge is 2.55. The fourth-order valence-electron chi connectivity index (χ4n) is 5.87. The van der Waals surface area contributed by atoms with Gasteiger partial charge in [-0.25, -0.2) is 23.5 Å². The molecule has 2 aliphatic carbocycles. The second-order valence-electron chi connectivity index (χ2n) is 13.1. The molecule has 0 unspecified atom stereocenters. The van der Waals surface area contributed by atoms with Gasteiger partial charge in [0.05, 0.1) is 25.4 Å². The molecule has 5 rings (SSSR count). The number of hydrogen-bond acceptors (Lipinski definition) is 11. The molecule has 2 aromatic rings. The molecular formula is C31H43F2N5O6S. The molecule has 1 saturated heterocycles. The summed E-state index contributed by atoms with van der Waals surface area (Å²) in [4.78, 5) is 24.7. The van der Waals surface area contributed by atoms with Crippen molar-refractivity contribution >= 4 is 35.2 Å². The fraction of sp³-hybridized carbons (Fsp3) is 0.645. The Kier molecular flexibility index (Phi) is 9.81. The number of carbonyl (C=O) groups is 1. The molecule has 6 atom stereocenters. The first-order valence-corrected chi connectivity index (χ1v) is 16.3. The van der Waals surface area contributed by atoms with Crippen LogP contribution in [0.15, 0.2) is 23.4 Å². The lowest BCUT2D eigenvalue weighted by Gasteiger charge is -2.29. The van der Waals surface area contributed by atoms with E-state index in [9.17, 15) is 18.7 Å². The molecule has 3 aliphatic rings. The lowest BCUT2D eigenvalue weighted by atomic mass is 10.1. The number of thioether (sulfide) groups is 1. The number of nitrogens with two attached hydrogens (primary N) is 1. The zero-order chi connectivity index (χ0) is 32.7. The summed E-state index contributed by atoms with van der Waals surface area (Å²) < 4.78 is 51.9. The molecule has 3 fully saturated rings. The van der Waals surface area contributed by atoms with Crippen molar-refractivity contribution < 1.29 is 37.6 Å². The zero-order valence-corrected chi connectivity index (χ0v) is 27.3. The van der Waals surface area contributed by atoms with Crippen molar-refractivity contribution in [1.82, 2.24) is 9.97 Å². The van der Waals surface area contributed by atoms with Crippen LogP contribution >= 0.6 is 11.8 Å². The van der Waals surface area contributed by atoms with E-state index < -0.39 is 41.3 Å². The Hall–Kier alpha value is -2.78. The molecule has 1 aromatic carbocycles. The predicted molar refractivity (Wildman–Crippen MR) is 166 cm³/mol. The van der Waals surface area contributed by atoms with E-state index in [2.05, 4.69) is 5.32 Å². The highest BCUT2D eigenvalue weighted by atomic mass is 32.2. The van der Waals surface area contributed by atoms with Crippen LogP contribution in [0.1, 0.15) is 72.3 Å². The molecule has 2 saturated carbocycles. The van der Waals surface area contributed by atoms with Crippen molar-refractivity contribution in [2.24, 2.45) is 0 Å². The first-order valence-electron chi connectivity index (χ1n) is 15.3. The van der Waals surface area contributed by atoms with Gasteiger partial charge in [-0.15, -0.1) is 0 Å². The highest BCUT2D eigenvalue weighted by Crippen LogP contribution is 2.49. The summed E-state index contributed by atoms with van der Waals surface area (Å²) in [5, 5.41) is 13.2. The number of nitrogens with zero attached hydrogens (tertiary/aromatic N) is 3. The number of benzene rings is 1. The number of amides is 1. The van der Waals surface area contributed by atoms with Crippen molar-refractivity contribution in [2.75, 3.05) is 34.9 Å². The van der Waals surface area contributed by atoms with Crippen LogP contribution < -0.4 is 16.0 Å². The molecule has 0 spiro atoms. The van der Waals surface area contributed by atoms with E-state index >= 15 is 0 Å². The standard InChI is InChI=1S/C31H43F2N5O6S/c1-7-12-45-28-36-26(35-20-15-22(41-11-10-39)25-24(20)42-31(5,6)43-25)23(34)27(37-28)38(29(40)44-30(2,3)4)21-14-17(21)16-8-9-18(32)19(33)13-16/h8-9,13,17,20-22,24-25,39H,7,10-12,14-15,34H2,1-6H3,(H,35,36,37)/t17-,20+,21+,22-,24-,25+/m0/s1. The van der Waals surface area contributed by atoms with Crippen LogP contribution in [0.2, 0.25) is 0 Å². The van der Waals surface area contributed by atoms with Gasteiger partial charge in [-0.2, -0.15) is 0 Å². The van der Waals surface area contributed by atoms with Gasteiger partial charge in [0.2, 0.25) is 0 Å². The largest absolute Gasteiger partial charge is 0.443 e. The van der Waals surface area contributed by atoms with Gasteiger partial charge in [-0.3, -0.25) is 4.90 Å². The number of anilines is 3. The molecule has 248 valence electrons. The lowest BCUT2D eigenvalue weighted by molar-refractivity contribution is -0.167. The molecule has 1 aromatic heterocycles. The van der Waals surface area contributed by atoms with Gasteiger partial charge in [0, 0.05) is 17.7 Å². The van der Waals surface area contributed by atoms with E-state index in [0.29, 0.717) is 29.4 Å². The average molecular weight is 652 g/mol.